The lowest BCUT2D eigenvalue weighted by atomic mass is 9.83. The monoisotopic (exact) mass is 379 g/mol. The fourth-order valence-electron chi connectivity index (χ4n) is 3.80. The number of rotatable bonds is 8. The van der Waals surface area contributed by atoms with Crippen molar-refractivity contribution in [1.29, 1.82) is 0 Å². The van der Waals surface area contributed by atoms with Crippen molar-refractivity contribution in [2.75, 3.05) is 6.61 Å². The van der Waals surface area contributed by atoms with Gasteiger partial charge >= 0.3 is 11.9 Å². The first kappa shape index (κ1) is 19.8. The van der Waals surface area contributed by atoms with Gasteiger partial charge in [-0.2, -0.15) is 0 Å². The molecule has 2 aromatic rings. The molecule has 28 heavy (non-hydrogen) atoms. The van der Waals surface area contributed by atoms with Crippen LogP contribution in [0, 0.1) is 5.92 Å². The van der Waals surface area contributed by atoms with Crippen molar-refractivity contribution in [3.63, 3.8) is 0 Å². The Morgan fingerprint density at radius 1 is 1.18 bits per heavy atom. The van der Waals surface area contributed by atoms with Crippen LogP contribution in [0.5, 0.6) is 0 Å². The molecule has 0 radical (unpaired) electrons. The number of hydrogen-bond donors (Lipinski definition) is 2. The first-order valence-electron chi connectivity index (χ1n) is 9.36. The van der Waals surface area contributed by atoms with Gasteiger partial charge < -0.3 is 15.6 Å². The maximum atomic E-state index is 12.8. The van der Waals surface area contributed by atoms with Crippen LogP contribution in [0.1, 0.15) is 36.8 Å². The zero-order valence-electron chi connectivity index (χ0n) is 15.9. The van der Waals surface area contributed by atoms with Gasteiger partial charge in [0.05, 0.1) is 5.92 Å². The van der Waals surface area contributed by atoms with Gasteiger partial charge in [0.25, 0.3) is 0 Å². The SMILES string of the molecule is C=CCCC(C(=O)OCC1c2ccccc2-c2ccccc21)C(C)(N)C(=O)O. The summed E-state index contributed by atoms with van der Waals surface area (Å²) in [7, 11) is 0. The van der Waals surface area contributed by atoms with Crippen LogP contribution in [0.4, 0.5) is 0 Å². The van der Waals surface area contributed by atoms with Crippen LogP contribution in [0.3, 0.4) is 0 Å². The van der Waals surface area contributed by atoms with E-state index in [-0.39, 0.29) is 18.9 Å². The Morgan fingerprint density at radius 3 is 2.21 bits per heavy atom. The third-order valence-corrected chi connectivity index (χ3v) is 5.48. The second kappa shape index (κ2) is 7.98. The highest BCUT2D eigenvalue weighted by Gasteiger charge is 2.43. The van der Waals surface area contributed by atoms with E-state index in [1.54, 1.807) is 6.08 Å². The first-order valence-corrected chi connectivity index (χ1v) is 9.36. The van der Waals surface area contributed by atoms with Crippen molar-refractivity contribution in [1.82, 2.24) is 0 Å². The highest BCUT2D eigenvalue weighted by Crippen LogP contribution is 2.44. The van der Waals surface area contributed by atoms with E-state index in [9.17, 15) is 14.7 Å². The zero-order chi connectivity index (χ0) is 20.3. The lowest BCUT2D eigenvalue weighted by molar-refractivity contribution is -0.159. The fourth-order valence-corrected chi connectivity index (χ4v) is 3.80. The lowest BCUT2D eigenvalue weighted by Gasteiger charge is -2.28. The molecule has 2 aromatic carbocycles. The third kappa shape index (κ3) is 3.58. The molecule has 1 aliphatic carbocycles. The van der Waals surface area contributed by atoms with Crippen molar-refractivity contribution in [2.24, 2.45) is 11.7 Å². The fraction of sp³-hybridized carbons (Fsp3) is 0.304. The van der Waals surface area contributed by atoms with E-state index in [0.29, 0.717) is 6.42 Å². The summed E-state index contributed by atoms with van der Waals surface area (Å²) in [6.07, 6.45) is 2.40. The summed E-state index contributed by atoms with van der Waals surface area (Å²) in [5, 5.41) is 9.44. The zero-order valence-corrected chi connectivity index (χ0v) is 15.9. The number of fused-ring (bicyclic) bond motifs is 3. The first-order chi connectivity index (χ1) is 13.4. The van der Waals surface area contributed by atoms with Crippen LogP contribution in [-0.2, 0) is 14.3 Å². The number of ether oxygens (including phenoxy) is 1. The average Bonchev–Trinajstić information content (AvgIpc) is 3.00. The number of esters is 1. The molecule has 5 nitrogen and oxygen atoms in total. The van der Waals surface area contributed by atoms with Crippen LogP contribution in [0.25, 0.3) is 11.1 Å². The molecule has 2 unspecified atom stereocenters. The predicted octanol–water partition coefficient (Wildman–Crippen LogP) is 3.73. The molecule has 0 bridgehead atoms. The summed E-state index contributed by atoms with van der Waals surface area (Å²) in [6, 6.07) is 16.1. The molecule has 0 amide bonds. The van der Waals surface area contributed by atoms with Gasteiger partial charge in [0.15, 0.2) is 0 Å². The van der Waals surface area contributed by atoms with Crippen LogP contribution in [-0.4, -0.2) is 29.2 Å². The summed E-state index contributed by atoms with van der Waals surface area (Å²) < 4.78 is 5.62. The molecule has 0 saturated carbocycles. The highest BCUT2D eigenvalue weighted by atomic mass is 16.5. The number of carbonyl (C=O) groups is 2. The highest BCUT2D eigenvalue weighted by molar-refractivity contribution is 5.87. The Labute approximate surface area is 164 Å². The van der Waals surface area contributed by atoms with Crippen molar-refractivity contribution in [3.05, 3.63) is 72.3 Å². The number of benzene rings is 2. The third-order valence-electron chi connectivity index (χ3n) is 5.48. The maximum Gasteiger partial charge on any atom is 0.324 e. The number of aliphatic carboxylic acids is 1. The number of hydrogen-bond acceptors (Lipinski definition) is 4. The normalized spacial score (nSPS) is 15.8. The molecule has 0 aliphatic heterocycles. The summed E-state index contributed by atoms with van der Waals surface area (Å²) in [5.41, 5.74) is 8.73. The Bertz CT molecular complexity index is 857. The van der Waals surface area contributed by atoms with E-state index < -0.39 is 23.4 Å². The molecule has 0 saturated heterocycles. The van der Waals surface area contributed by atoms with E-state index in [0.717, 1.165) is 22.3 Å². The topological polar surface area (TPSA) is 89.6 Å². The van der Waals surface area contributed by atoms with E-state index in [2.05, 4.69) is 18.7 Å². The van der Waals surface area contributed by atoms with Crippen LogP contribution in [0.2, 0.25) is 0 Å². The van der Waals surface area contributed by atoms with Crippen molar-refractivity contribution in [3.8, 4) is 11.1 Å². The van der Waals surface area contributed by atoms with Crippen LogP contribution >= 0.6 is 0 Å². The van der Waals surface area contributed by atoms with Gasteiger partial charge in [-0.1, -0.05) is 54.6 Å². The van der Waals surface area contributed by atoms with Gasteiger partial charge in [0, 0.05) is 5.92 Å². The quantitative estimate of drug-likeness (QED) is 0.539. The summed E-state index contributed by atoms with van der Waals surface area (Å²) in [6.45, 7) is 5.14. The summed E-state index contributed by atoms with van der Waals surface area (Å²) in [4.78, 5) is 24.3. The summed E-state index contributed by atoms with van der Waals surface area (Å²) in [5.74, 6) is -2.84. The number of nitrogens with two attached hydrogens (primary N) is 1. The van der Waals surface area contributed by atoms with Gasteiger partial charge in [-0.25, -0.2) is 0 Å². The molecule has 1 aliphatic rings. The van der Waals surface area contributed by atoms with Crippen molar-refractivity contribution in [2.45, 2.75) is 31.2 Å². The summed E-state index contributed by atoms with van der Waals surface area (Å²) >= 11 is 0. The number of carboxylic acid groups (broad SMARTS) is 1. The minimum Gasteiger partial charge on any atom is -0.480 e. The minimum absolute atomic E-state index is 0.0785. The van der Waals surface area contributed by atoms with Crippen molar-refractivity contribution < 1.29 is 19.4 Å². The van der Waals surface area contributed by atoms with Crippen LogP contribution < -0.4 is 5.73 Å². The second-order valence-electron chi connectivity index (χ2n) is 7.36. The molecule has 2 atom stereocenters. The van der Waals surface area contributed by atoms with E-state index in [1.165, 1.54) is 6.92 Å². The van der Waals surface area contributed by atoms with E-state index in [1.807, 2.05) is 36.4 Å². The molecule has 3 rings (SSSR count). The van der Waals surface area contributed by atoms with Gasteiger partial charge in [0.1, 0.15) is 12.1 Å². The number of carbonyl (C=O) groups excluding carboxylic acids is 1. The van der Waals surface area contributed by atoms with Gasteiger partial charge in [-0.15, -0.1) is 6.58 Å². The average molecular weight is 379 g/mol. The van der Waals surface area contributed by atoms with E-state index in [4.69, 9.17) is 10.5 Å². The van der Waals surface area contributed by atoms with Crippen molar-refractivity contribution >= 4 is 11.9 Å². The molecule has 3 N–H and O–H groups in total. The lowest BCUT2D eigenvalue weighted by Crippen LogP contribution is -2.54. The van der Waals surface area contributed by atoms with Gasteiger partial charge in [-0.3, -0.25) is 9.59 Å². The smallest absolute Gasteiger partial charge is 0.324 e. The molecule has 0 spiro atoms. The second-order valence-corrected chi connectivity index (χ2v) is 7.36. The Kier molecular flexibility index (Phi) is 5.66. The Balaban J connectivity index is 1.81. The number of carboxylic acids is 1. The Hall–Kier alpha value is -2.92. The molecule has 0 aromatic heterocycles. The molecule has 146 valence electrons. The molecule has 0 heterocycles. The molecule has 5 heteroatoms. The maximum absolute atomic E-state index is 12.8. The van der Waals surface area contributed by atoms with Gasteiger partial charge in [0.2, 0.25) is 0 Å². The Morgan fingerprint density at radius 2 is 1.71 bits per heavy atom. The van der Waals surface area contributed by atoms with Gasteiger partial charge in [-0.05, 0) is 42.0 Å². The van der Waals surface area contributed by atoms with E-state index >= 15 is 0 Å². The standard InChI is InChI=1S/C23H25NO4/c1-3-4-13-20(23(2,24)22(26)27)21(25)28-14-19-17-11-7-5-9-15(17)16-10-6-8-12-18(16)19/h3,5-12,19-20H,1,4,13-14,24H2,2H3,(H,26,27). The largest absolute Gasteiger partial charge is 0.480 e. The van der Waals surface area contributed by atoms with Crippen LogP contribution in [0.15, 0.2) is 61.2 Å². The molecular weight excluding hydrogens is 354 g/mol. The predicted molar refractivity (Wildman–Crippen MR) is 108 cm³/mol. The molecule has 0 fully saturated rings. The number of allylic oxidation sites excluding steroid dienone is 1. The molecular formula is C23H25NO4. The minimum atomic E-state index is -1.70.